The molecule has 3 rings (SSSR count). The molecule has 0 fully saturated rings. The zero-order chi connectivity index (χ0) is 14.2. The van der Waals surface area contributed by atoms with Crippen molar-refractivity contribution in [3.05, 3.63) is 41.3 Å². The van der Waals surface area contributed by atoms with Crippen LogP contribution in [-0.2, 0) is 24.5 Å². The molecule has 1 aromatic carbocycles. The van der Waals surface area contributed by atoms with Gasteiger partial charge in [0.2, 0.25) is 5.89 Å². The second-order valence-corrected chi connectivity index (χ2v) is 6.22. The van der Waals surface area contributed by atoms with Crippen LogP contribution in [0.25, 0.3) is 11.5 Å². The van der Waals surface area contributed by atoms with Gasteiger partial charge in [0.1, 0.15) is 6.26 Å². The molecule has 0 saturated carbocycles. The predicted molar refractivity (Wildman–Crippen MR) is 77.0 cm³/mol. The number of hydrogen-bond acceptors (Lipinski definition) is 4. The first-order chi connectivity index (χ1) is 9.51. The summed E-state index contributed by atoms with van der Waals surface area (Å²) in [7, 11) is 0. The average Bonchev–Trinajstić information content (AvgIpc) is 3.03. The SMILES string of the molecule is CC(C)(C)NCc1coc(-c2ccc3c(c2)COC3)n1. The minimum absolute atomic E-state index is 0.0734. The number of hydrogen-bond donors (Lipinski definition) is 1. The Kier molecular flexibility index (Phi) is 3.36. The van der Waals surface area contributed by atoms with Crippen molar-refractivity contribution in [1.29, 1.82) is 0 Å². The highest BCUT2D eigenvalue weighted by Crippen LogP contribution is 2.26. The van der Waals surface area contributed by atoms with E-state index in [-0.39, 0.29) is 5.54 Å². The van der Waals surface area contributed by atoms with Gasteiger partial charge in [0.05, 0.1) is 18.9 Å². The quantitative estimate of drug-likeness (QED) is 0.931. The third-order valence-electron chi connectivity index (χ3n) is 3.32. The Hall–Kier alpha value is -1.65. The zero-order valence-electron chi connectivity index (χ0n) is 12.2. The van der Waals surface area contributed by atoms with E-state index in [2.05, 4.69) is 43.2 Å². The van der Waals surface area contributed by atoms with Gasteiger partial charge in [0, 0.05) is 17.6 Å². The van der Waals surface area contributed by atoms with E-state index in [0.29, 0.717) is 25.6 Å². The van der Waals surface area contributed by atoms with Crippen LogP contribution in [0.1, 0.15) is 37.6 Å². The van der Waals surface area contributed by atoms with E-state index in [9.17, 15) is 0 Å². The summed E-state index contributed by atoms with van der Waals surface area (Å²) in [4.78, 5) is 4.54. The van der Waals surface area contributed by atoms with E-state index in [1.165, 1.54) is 11.1 Å². The number of benzene rings is 1. The van der Waals surface area contributed by atoms with Crippen LogP contribution in [0.5, 0.6) is 0 Å². The molecule has 0 bridgehead atoms. The summed E-state index contributed by atoms with van der Waals surface area (Å²) in [5, 5.41) is 3.40. The lowest BCUT2D eigenvalue weighted by molar-refractivity contribution is 0.134. The molecule has 0 amide bonds. The van der Waals surface area contributed by atoms with Crippen molar-refractivity contribution in [1.82, 2.24) is 10.3 Å². The molecular weight excluding hydrogens is 252 g/mol. The highest BCUT2D eigenvalue weighted by atomic mass is 16.5. The van der Waals surface area contributed by atoms with Crippen LogP contribution in [0.2, 0.25) is 0 Å². The molecule has 0 unspecified atom stereocenters. The maximum absolute atomic E-state index is 5.58. The summed E-state index contributed by atoms with van der Waals surface area (Å²) in [6.07, 6.45) is 1.72. The fraction of sp³-hybridized carbons (Fsp3) is 0.438. The van der Waals surface area contributed by atoms with Crippen LogP contribution in [0.15, 0.2) is 28.9 Å². The molecule has 1 aliphatic rings. The molecule has 4 heteroatoms. The molecule has 2 heterocycles. The number of rotatable bonds is 3. The van der Waals surface area contributed by atoms with Crippen molar-refractivity contribution >= 4 is 0 Å². The number of oxazole rings is 1. The van der Waals surface area contributed by atoms with E-state index in [4.69, 9.17) is 9.15 Å². The molecule has 1 aromatic heterocycles. The molecular formula is C16H20N2O2. The standard InChI is InChI=1S/C16H20N2O2/c1-16(2,3)17-7-14-10-20-15(18-14)11-4-5-12-8-19-9-13(12)6-11/h4-6,10,17H,7-9H2,1-3H3. The van der Waals surface area contributed by atoms with Gasteiger partial charge in [0.15, 0.2) is 0 Å². The van der Waals surface area contributed by atoms with Crippen molar-refractivity contribution < 1.29 is 9.15 Å². The number of ether oxygens (including phenoxy) is 1. The monoisotopic (exact) mass is 272 g/mol. The first-order valence-electron chi connectivity index (χ1n) is 6.91. The van der Waals surface area contributed by atoms with Crippen LogP contribution in [0.3, 0.4) is 0 Å². The Morgan fingerprint density at radius 2 is 2.00 bits per heavy atom. The summed E-state index contributed by atoms with van der Waals surface area (Å²) in [5.41, 5.74) is 4.50. The highest BCUT2D eigenvalue weighted by Gasteiger charge is 2.15. The minimum Gasteiger partial charge on any atom is -0.444 e. The third kappa shape index (κ3) is 2.92. The Morgan fingerprint density at radius 1 is 1.20 bits per heavy atom. The average molecular weight is 272 g/mol. The van der Waals surface area contributed by atoms with Gasteiger partial charge >= 0.3 is 0 Å². The summed E-state index contributed by atoms with van der Waals surface area (Å²) < 4.78 is 11.0. The van der Waals surface area contributed by atoms with Gasteiger partial charge in [-0.25, -0.2) is 4.98 Å². The van der Waals surface area contributed by atoms with Gasteiger partial charge in [0.25, 0.3) is 0 Å². The maximum atomic E-state index is 5.58. The van der Waals surface area contributed by atoms with Gasteiger partial charge in [-0.2, -0.15) is 0 Å². The van der Waals surface area contributed by atoms with E-state index in [1.54, 1.807) is 6.26 Å². The molecule has 0 radical (unpaired) electrons. The number of nitrogens with one attached hydrogen (secondary N) is 1. The lowest BCUT2D eigenvalue weighted by atomic mass is 10.1. The number of aromatic nitrogens is 1. The Labute approximate surface area is 119 Å². The van der Waals surface area contributed by atoms with Crippen LogP contribution in [-0.4, -0.2) is 10.5 Å². The van der Waals surface area contributed by atoms with E-state index < -0.39 is 0 Å². The van der Waals surface area contributed by atoms with Gasteiger partial charge in [-0.3, -0.25) is 0 Å². The minimum atomic E-state index is 0.0734. The second kappa shape index (κ2) is 5.04. The number of fused-ring (bicyclic) bond motifs is 1. The smallest absolute Gasteiger partial charge is 0.226 e. The van der Waals surface area contributed by atoms with Crippen molar-refractivity contribution in [3.63, 3.8) is 0 Å². The van der Waals surface area contributed by atoms with Crippen LogP contribution >= 0.6 is 0 Å². The largest absolute Gasteiger partial charge is 0.444 e. The molecule has 0 spiro atoms. The maximum Gasteiger partial charge on any atom is 0.226 e. The zero-order valence-corrected chi connectivity index (χ0v) is 12.2. The van der Waals surface area contributed by atoms with Crippen molar-refractivity contribution in [2.24, 2.45) is 0 Å². The van der Waals surface area contributed by atoms with Gasteiger partial charge < -0.3 is 14.5 Å². The summed E-state index contributed by atoms with van der Waals surface area (Å²) in [5.74, 6) is 0.672. The second-order valence-electron chi connectivity index (χ2n) is 6.22. The summed E-state index contributed by atoms with van der Waals surface area (Å²) in [6, 6.07) is 6.24. The van der Waals surface area contributed by atoms with Gasteiger partial charge in [-0.15, -0.1) is 0 Å². The molecule has 4 nitrogen and oxygen atoms in total. The van der Waals surface area contributed by atoms with Crippen molar-refractivity contribution in [2.45, 2.75) is 46.1 Å². The van der Waals surface area contributed by atoms with E-state index >= 15 is 0 Å². The Morgan fingerprint density at radius 3 is 2.80 bits per heavy atom. The number of nitrogens with zero attached hydrogens (tertiary/aromatic N) is 1. The van der Waals surface area contributed by atoms with E-state index in [0.717, 1.165) is 11.3 Å². The molecule has 20 heavy (non-hydrogen) atoms. The third-order valence-corrected chi connectivity index (χ3v) is 3.32. The summed E-state index contributed by atoms with van der Waals surface area (Å²) in [6.45, 7) is 8.50. The Bertz CT molecular complexity index is 611. The van der Waals surface area contributed by atoms with Gasteiger partial charge in [-0.1, -0.05) is 6.07 Å². The molecule has 0 saturated heterocycles. The topological polar surface area (TPSA) is 47.3 Å². The first kappa shape index (κ1) is 13.3. The predicted octanol–water partition coefficient (Wildman–Crippen LogP) is 3.26. The lowest BCUT2D eigenvalue weighted by Gasteiger charge is -2.19. The molecule has 2 aromatic rings. The van der Waals surface area contributed by atoms with Crippen molar-refractivity contribution in [2.75, 3.05) is 0 Å². The van der Waals surface area contributed by atoms with E-state index in [1.807, 2.05) is 6.07 Å². The molecule has 106 valence electrons. The van der Waals surface area contributed by atoms with Gasteiger partial charge in [-0.05, 0) is 44.0 Å². The first-order valence-corrected chi connectivity index (χ1v) is 6.91. The fourth-order valence-electron chi connectivity index (χ4n) is 2.18. The normalized spacial score (nSPS) is 14.6. The van der Waals surface area contributed by atoms with Crippen LogP contribution in [0, 0.1) is 0 Å². The van der Waals surface area contributed by atoms with Crippen LogP contribution in [0.4, 0.5) is 0 Å². The molecule has 0 aliphatic carbocycles. The molecule has 0 atom stereocenters. The fourth-order valence-corrected chi connectivity index (χ4v) is 2.18. The molecule has 1 N–H and O–H groups in total. The highest BCUT2D eigenvalue weighted by molar-refractivity contribution is 5.56. The van der Waals surface area contributed by atoms with Crippen LogP contribution < -0.4 is 5.32 Å². The Balaban J connectivity index is 1.76. The lowest BCUT2D eigenvalue weighted by Crippen LogP contribution is -2.35. The molecule has 1 aliphatic heterocycles. The van der Waals surface area contributed by atoms with Crippen molar-refractivity contribution in [3.8, 4) is 11.5 Å². The summed E-state index contributed by atoms with van der Waals surface area (Å²) >= 11 is 0.